The fraction of sp³-hybridized carbons (Fsp3) is 0.533. The minimum atomic E-state index is 0.300. The third-order valence-electron chi connectivity index (χ3n) is 3.94. The maximum absolute atomic E-state index is 4.83. The van der Waals surface area contributed by atoms with E-state index in [0.717, 1.165) is 5.92 Å². The molecule has 1 aliphatic heterocycles. The van der Waals surface area contributed by atoms with Crippen LogP contribution in [0.4, 0.5) is 0 Å². The smallest absolute Gasteiger partial charge is 0.0619 e. The molecule has 3 heteroatoms. The van der Waals surface area contributed by atoms with Gasteiger partial charge in [-0.15, -0.1) is 0 Å². The number of nitrogens with one attached hydrogen (secondary N) is 1. The largest absolute Gasteiger partial charge is 0.376 e. The Hall–Kier alpha value is -0.930. The van der Waals surface area contributed by atoms with Crippen molar-refractivity contribution in [2.24, 2.45) is 0 Å². The van der Waals surface area contributed by atoms with Gasteiger partial charge in [-0.1, -0.05) is 36.5 Å². The van der Waals surface area contributed by atoms with Crippen molar-refractivity contribution in [3.8, 4) is 0 Å². The normalized spacial score (nSPS) is 19.4. The average Bonchev–Trinajstić information content (AvgIpc) is 2.40. The van der Waals surface area contributed by atoms with E-state index in [2.05, 4.69) is 48.5 Å². The summed E-state index contributed by atoms with van der Waals surface area (Å²) in [5.74, 6) is 0.740. The number of nitrogens with zero attached hydrogens (tertiary/aromatic N) is 1. The predicted molar refractivity (Wildman–Crippen MR) is 81.1 cm³/mol. The van der Waals surface area contributed by atoms with Crippen molar-refractivity contribution < 1.29 is 0 Å². The summed E-state index contributed by atoms with van der Waals surface area (Å²) in [6, 6.07) is 9.32. The maximum Gasteiger partial charge on any atom is 0.0619 e. The molecule has 0 aliphatic carbocycles. The minimum absolute atomic E-state index is 0.300. The summed E-state index contributed by atoms with van der Waals surface area (Å²) in [6.45, 7) is 4.57. The standard InChI is InChI=1S/C15H22N2S/c1-12(16-11-18)13-3-5-14(6-4-13)15-7-9-17(2)10-8-15/h3-6,11-12,15H,7-10H2,1-2H3,(H,16,18). The maximum atomic E-state index is 4.83. The van der Waals surface area contributed by atoms with Crippen LogP contribution in [0.15, 0.2) is 24.3 Å². The average molecular weight is 262 g/mol. The summed E-state index contributed by atoms with van der Waals surface area (Å²) >= 11 is 4.83. The van der Waals surface area contributed by atoms with Gasteiger partial charge in [0.2, 0.25) is 0 Å². The lowest BCUT2D eigenvalue weighted by molar-refractivity contribution is 0.255. The first-order valence-electron chi connectivity index (χ1n) is 6.69. The van der Waals surface area contributed by atoms with Gasteiger partial charge in [0.05, 0.1) is 5.49 Å². The minimum Gasteiger partial charge on any atom is -0.376 e. The third-order valence-corrected chi connectivity index (χ3v) is 4.08. The van der Waals surface area contributed by atoms with Crippen LogP contribution in [0.1, 0.15) is 42.9 Å². The van der Waals surface area contributed by atoms with Crippen LogP contribution in [0, 0.1) is 0 Å². The molecule has 1 atom stereocenters. The second-order valence-electron chi connectivity index (χ2n) is 5.25. The van der Waals surface area contributed by atoms with Crippen molar-refractivity contribution in [1.82, 2.24) is 10.2 Å². The van der Waals surface area contributed by atoms with Crippen molar-refractivity contribution in [3.63, 3.8) is 0 Å². The Kier molecular flexibility index (Phi) is 4.72. The van der Waals surface area contributed by atoms with E-state index in [1.54, 1.807) is 5.49 Å². The SMILES string of the molecule is CC(NC=S)c1ccc(C2CCN(C)CC2)cc1. The van der Waals surface area contributed by atoms with Crippen LogP contribution in [-0.4, -0.2) is 30.5 Å². The summed E-state index contributed by atoms with van der Waals surface area (Å²) in [6.07, 6.45) is 2.56. The van der Waals surface area contributed by atoms with E-state index in [-0.39, 0.29) is 0 Å². The zero-order chi connectivity index (χ0) is 13.0. The van der Waals surface area contributed by atoms with Gasteiger partial charge in [0.15, 0.2) is 0 Å². The van der Waals surface area contributed by atoms with Gasteiger partial charge in [-0.2, -0.15) is 0 Å². The molecule has 1 fully saturated rings. The Morgan fingerprint density at radius 2 is 1.89 bits per heavy atom. The predicted octanol–water partition coefficient (Wildman–Crippen LogP) is 3.10. The molecule has 0 spiro atoms. The molecule has 1 aromatic rings. The molecule has 1 aromatic carbocycles. The molecule has 2 nitrogen and oxygen atoms in total. The first kappa shape index (κ1) is 13.5. The van der Waals surface area contributed by atoms with E-state index in [4.69, 9.17) is 12.2 Å². The lowest BCUT2D eigenvalue weighted by atomic mass is 9.89. The first-order valence-corrected chi connectivity index (χ1v) is 7.16. The van der Waals surface area contributed by atoms with Crippen molar-refractivity contribution in [2.75, 3.05) is 20.1 Å². The van der Waals surface area contributed by atoms with E-state index < -0.39 is 0 Å². The van der Waals surface area contributed by atoms with Crippen molar-refractivity contribution in [3.05, 3.63) is 35.4 Å². The van der Waals surface area contributed by atoms with E-state index in [0.29, 0.717) is 6.04 Å². The van der Waals surface area contributed by atoms with Gasteiger partial charge in [-0.05, 0) is 56.9 Å². The van der Waals surface area contributed by atoms with Crippen LogP contribution >= 0.6 is 12.2 Å². The molecule has 98 valence electrons. The van der Waals surface area contributed by atoms with Gasteiger partial charge in [0.25, 0.3) is 0 Å². The molecule has 1 aliphatic rings. The quantitative estimate of drug-likeness (QED) is 0.839. The Morgan fingerprint density at radius 1 is 1.28 bits per heavy atom. The molecule has 1 N–H and O–H groups in total. The van der Waals surface area contributed by atoms with Gasteiger partial charge in [-0.25, -0.2) is 0 Å². The number of thiocarbonyl (C=S) groups is 1. The third kappa shape index (κ3) is 3.30. The summed E-state index contributed by atoms with van der Waals surface area (Å²) < 4.78 is 0. The molecular weight excluding hydrogens is 240 g/mol. The van der Waals surface area contributed by atoms with E-state index in [9.17, 15) is 0 Å². The van der Waals surface area contributed by atoms with Crippen LogP contribution in [0.5, 0.6) is 0 Å². The van der Waals surface area contributed by atoms with E-state index in [1.807, 2.05) is 0 Å². The lowest BCUT2D eigenvalue weighted by Crippen LogP contribution is -2.29. The zero-order valence-corrected chi connectivity index (χ0v) is 12.0. The Labute approximate surface area is 115 Å². The summed E-state index contributed by atoms with van der Waals surface area (Å²) in [7, 11) is 2.21. The topological polar surface area (TPSA) is 15.3 Å². The second kappa shape index (κ2) is 6.30. The fourth-order valence-corrected chi connectivity index (χ4v) is 2.80. The van der Waals surface area contributed by atoms with E-state index in [1.165, 1.54) is 37.1 Å². The summed E-state index contributed by atoms with van der Waals surface area (Å²) in [5.41, 5.74) is 4.38. The highest BCUT2D eigenvalue weighted by molar-refractivity contribution is 7.78. The molecule has 0 amide bonds. The molecular formula is C15H22N2S. The van der Waals surface area contributed by atoms with Crippen LogP contribution in [0.25, 0.3) is 0 Å². The van der Waals surface area contributed by atoms with Gasteiger partial charge in [0.1, 0.15) is 0 Å². The fourth-order valence-electron chi connectivity index (χ4n) is 2.60. The molecule has 1 unspecified atom stereocenters. The van der Waals surface area contributed by atoms with Crippen LogP contribution in [-0.2, 0) is 0 Å². The van der Waals surface area contributed by atoms with Gasteiger partial charge in [-0.3, -0.25) is 0 Å². The summed E-state index contributed by atoms with van der Waals surface area (Å²) in [5, 5.41) is 3.15. The number of hydrogen-bond donors (Lipinski definition) is 1. The Morgan fingerprint density at radius 3 is 2.44 bits per heavy atom. The van der Waals surface area contributed by atoms with Crippen molar-refractivity contribution >= 4 is 17.7 Å². The van der Waals surface area contributed by atoms with Crippen molar-refractivity contribution in [2.45, 2.75) is 31.7 Å². The van der Waals surface area contributed by atoms with Crippen LogP contribution < -0.4 is 5.32 Å². The number of benzene rings is 1. The molecule has 2 rings (SSSR count). The van der Waals surface area contributed by atoms with Gasteiger partial charge >= 0.3 is 0 Å². The molecule has 0 saturated carbocycles. The Balaban J connectivity index is 2.01. The monoisotopic (exact) mass is 262 g/mol. The number of likely N-dealkylation sites (tertiary alicyclic amines) is 1. The molecule has 1 heterocycles. The van der Waals surface area contributed by atoms with Crippen LogP contribution in [0.2, 0.25) is 0 Å². The molecule has 0 bridgehead atoms. The van der Waals surface area contributed by atoms with Gasteiger partial charge in [0, 0.05) is 6.04 Å². The summed E-state index contributed by atoms with van der Waals surface area (Å²) in [4.78, 5) is 2.41. The number of hydrogen-bond acceptors (Lipinski definition) is 2. The molecule has 1 saturated heterocycles. The second-order valence-corrected chi connectivity index (χ2v) is 5.49. The highest BCUT2D eigenvalue weighted by Gasteiger charge is 2.18. The highest BCUT2D eigenvalue weighted by atomic mass is 32.1. The highest BCUT2D eigenvalue weighted by Crippen LogP contribution is 2.28. The van der Waals surface area contributed by atoms with Gasteiger partial charge < -0.3 is 10.2 Å². The number of rotatable bonds is 4. The lowest BCUT2D eigenvalue weighted by Gasteiger charge is -2.29. The zero-order valence-electron chi connectivity index (χ0n) is 11.2. The van der Waals surface area contributed by atoms with Crippen LogP contribution in [0.3, 0.4) is 0 Å². The first-order chi connectivity index (χ1) is 8.70. The number of piperidine rings is 1. The molecule has 0 radical (unpaired) electrons. The Bertz CT molecular complexity index is 380. The van der Waals surface area contributed by atoms with Crippen molar-refractivity contribution in [1.29, 1.82) is 0 Å². The molecule has 18 heavy (non-hydrogen) atoms. The van der Waals surface area contributed by atoms with E-state index >= 15 is 0 Å². The molecule has 0 aromatic heterocycles.